The van der Waals surface area contributed by atoms with Crippen LogP contribution in [0.4, 0.5) is 0 Å². The lowest BCUT2D eigenvalue weighted by Gasteiger charge is -2.36. The van der Waals surface area contributed by atoms with Gasteiger partial charge in [0.2, 0.25) is 11.8 Å². The highest BCUT2D eigenvalue weighted by molar-refractivity contribution is 6.23. The van der Waals surface area contributed by atoms with Gasteiger partial charge in [-0.2, -0.15) is 0 Å². The van der Waals surface area contributed by atoms with Crippen molar-refractivity contribution in [3.8, 4) is 0 Å². The van der Waals surface area contributed by atoms with Crippen LogP contribution in [0, 0.1) is 11.8 Å². The van der Waals surface area contributed by atoms with Gasteiger partial charge in [0, 0.05) is 13.0 Å². The minimum absolute atomic E-state index is 0.127. The molecule has 4 aliphatic heterocycles. The van der Waals surface area contributed by atoms with Gasteiger partial charge < -0.3 is 5.32 Å². The molecule has 0 aliphatic carbocycles. The molecule has 1 unspecified atom stereocenters. The van der Waals surface area contributed by atoms with Gasteiger partial charge in [0.05, 0.1) is 11.1 Å². The smallest absolute Gasteiger partial charge is 0.262 e. The van der Waals surface area contributed by atoms with E-state index in [0.717, 1.165) is 55.0 Å². The second-order valence-electron chi connectivity index (χ2n) is 9.31. The Balaban J connectivity index is 1.23. The number of amides is 4. The van der Waals surface area contributed by atoms with Crippen LogP contribution >= 0.6 is 0 Å². The van der Waals surface area contributed by atoms with Gasteiger partial charge in [-0.25, -0.2) is 0 Å². The van der Waals surface area contributed by atoms with Crippen LogP contribution in [0.5, 0.6) is 0 Å². The fraction of sp³-hybridized carbons (Fsp3) is 0.565. The molecule has 0 bridgehead atoms. The topological polar surface area (TPSA) is 98.8 Å². The van der Waals surface area contributed by atoms with Crippen LogP contribution in [-0.2, 0) is 16.1 Å². The molecule has 8 nitrogen and oxygen atoms in total. The lowest BCUT2D eigenvalue weighted by molar-refractivity contribution is -0.136. The minimum atomic E-state index is -0.918. The van der Waals surface area contributed by atoms with Gasteiger partial charge >= 0.3 is 0 Å². The van der Waals surface area contributed by atoms with E-state index in [1.54, 1.807) is 12.1 Å². The zero-order valence-corrected chi connectivity index (χ0v) is 17.6. The summed E-state index contributed by atoms with van der Waals surface area (Å²) in [6, 6.07) is 4.49. The number of piperidine rings is 2. The standard InChI is InChI=1S/C23H28N4O4/c28-20-4-3-19(21(29)25-20)27-22(30)17-2-1-15(10-18(17)23(27)31)13-26-7-5-14(6-8-26)9-16-11-24-12-16/h1-2,10,14,16,19,24H,3-9,11-13H2,(H,25,28,29). The normalized spacial score (nSPS) is 25.5. The number of hydrogen-bond acceptors (Lipinski definition) is 6. The Kier molecular flexibility index (Phi) is 5.35. The molecular weight excluding hydrogens is 396 g/mol. The van der Waals surface area contributed by atoms with Crippen molar-refractivity contribution in [3.05, 3.63) is 34.9 Å². The van der Waals surface area contributed by atoms with E-state index in [1.807, 2.05) is 6.07 Å². The van der Waals surface area contributed by atoms with E-state index in [4.69, 9.17) is 0 Å². The molecule has 0 spiro atoms. The van der Waals surface area contributed by atoms with Crippen molar-refractivity contribution in [1.82, 2.24) is 20.4 Å². The van der Waals surface area contributed by atoms with Crippen LogP contribution in [0.15, 0.2) is 18.2 Å². The van der Waals surface area contributed by atoms with Gasteiger partial charge in [0.25, 0.3) is 11.8 Å². The Morgan fingerprint density at radius 2 is 1.65 bits per heavy atom. The molecule has 4 amide bonds. The predicted octanol–water partition coefficient (Wildman–Crippen LogP) is 0.909. The van der Waals surface area contributed by atoms with Crippen LogP contribution in [0.1, 0.15) is 58.4 Å². The molecule has 31 heavy (non-hydrogen) atoms. The summed E-state index contributed by atoms with van der Waals surface area (Å²) in [6.07, 6.45) is 4.05. The van der Waals surface area contributed by atoms with Gasteiger partial charge in [-0.15, -0.1) is 0 Å². The van der Waals surface area contributed by atoms with E-state index in [0.29, 0.717) is 11.1 Å². The largest absolute Gasteiger partial charge is 0.316 e. The zero-order chi connectivity index (χ0) is 21.5. The number of hydrogen-bond donors (Lipinski definition) is 2. The van der Waals surface area contributed by atoms with Gasteiger partial charge in [-0.3, -0.25) is 34.3 Å². The second-order valence-corrected chi connectivity index (χ2v) is 9.31. The third-order valence-corrected chi connectivity index (χ3v) is 7.15. The van der Waals surface area contributed by atoms with Crippen molar-refractivity contribution in [2.75, 3.05) is 26.2 Å². The van der Waals surface area contributed by atoms with E-state index in [1.165, 1.54) is 19.3 Å². The molecule has 164 valence electrons. The maximum absolute atomic E-state index is 13.0. The van der Waals surface area contributed by atoms with E-state index < -0.39 is 23.8 Å². The Bertz CT molecular complexity index is 934. The summed E-state index contributed by atoms with van der Waals surface area (Å²) >= 11 is 0. The van der Waals surface area contributed by atoms with Crippen molar-refractivity contribution in [1.29, 1.82) is 0 Å². The first kappa shape index (κ1) is 20.3. The average Bonchev–Trinajstić information content (AvgIpc) is 2.96. The Morgan fingerprint density at radius 1 is 0.903 bits per heavy atom. The zero-order valence-electron chi connectivity index (χ0n) is 17.6. The van der Waals surface area contributed by atoms with Crippen molar-refractivity contribution in [2.45, 2.75) is 44.7 Å². The first-order valence-electron chi connectivity index (χ1n) is 11.3. The molecule has 1 aromatic rings. The summed E-state index contributed by atoms with van der Waals surface area (Å²) in [6.45, 7) is 5.19. The molecular formula is C23H28N4O4. The highest BCUT2D eigenvalue weighted by Crippen LogP contribution is 2.30. The van der Waals surface area contributed by atoms with Crippen molar-refractivity contribution >= 4 is 23.6 Å². The quantitative estimate of drug-likeness (QED) is 0.682. The summed E-state index contributed by atoms with van der Waals surface area (Å²) in [4.78, 5) is 52.8. The summed E-state index contributed by atoms with van der Waals surface area (Å²) in [5, 5.41) is 5.57. The Hall–Kier alpha value is -2.58. The molecule has 1 aromatic carbocycles. The fourth-order valence-electron chi connectivity index (χ4n) is 5.24. The molecule has 0 saturated carbocycles. The molecule has 0 radical (unpaired) electrons. The fourth-order valence-corrected chi connectivity index (χ4v) is 5.24. The van der Waals surface area contributed by atoms with Crippen LogP contribution in [-0.4, -0.2) is 65.6 Å². The average molecular weight is 425 g/mol. The molecule has 5 rings (SSSR count). The Labute approximate surface area is 181 Å². The summed E-state index contributed by atoms with van der Waals surface area (Å²) in [5.41, 5.74) is 1.71. The first-order valence-corrected chi connectivity index (χ1v) is 11.3. The van der Waals surface area contributed by atoms with Gasteiger partial charge in [-0.1, -0.05) is 6.07 Å². The molecule has 4 heterocycles. The Morgan fingerprint density at radius 3 is 2.32 bits per heavy atom. The summed E-state index contributed by atoms with van der Waals surface area (Å²) in [5.74, 6) is -0.176. The van der Waals surface area contributed by atoms with E-state index in [2.05, 4.69) is 15.5 Å². The van der Waals surface area contributed by atoms with Gasteiger partial charge in [0.1, 0.15) is 6.04 Å². The van der Waals surface area contributed by atoms with E-state index >= 15 is 0 Å². The van der Waals surface area contributed by atoms with Crippen molar-refractivity contribution < 1.29 is 19.2 Å². The number of nitrogens with zero attached hydrogens (tertiary/aromatic N) is 2. The number of carbonyl (C=O) groups is 4. The summed E-state index contributed by atoms with van der Waals surface area (Å²) < 4.78 is 0. The summed E-state index contributed by atoms with van der Waals surface area (Å²) in [7, 11) is 0. The second kappa shape index (κ2) is 8.16. The van der Waals surface area contributed by atoms with Crippen molar-refractivity contribution in [3.63, 3.8) is 0 Å². The number of fused-ring (bicyclic) bond motifs is 1. The lowest BCUT2D eigenvalue weighted by Crippen LogP contribution is -2.54. The van der Waals surface area contributed by atoms with Crippen LogP contribution in [0.2, 0.25) is 0 Å². The third kappa shape index (κ3) is 3.90. The van der Waals surface area contributed by atoms with Crippen LogP contribution in [0.3, 0.4) is 0 Å². The molecule has 2 N–H and O–H groups in total. The minimum Gasteiger partial charge on any atom is -0.316 e. The lowest BCUT2D eigenvalue weighted by atomic mass is 9.84. The van der Waals surface area contributed by atoms with Crippen LogP contribution < -0.4 is 10.6 Å². The first-order chi connectivity index (χ1) is 15.0. The van der Waals surface area contributed by atoms with Gasteiger partial charge in [0.15, 0.2) is 0 Å². The maximum atomic E-state index is 13.0. The molecule has 0 aromatic heterocycles. The van der Waals surface area contributed by atoms with E-state index in [-0.39, 0.29) is 18.7 Å². The number of likely N-dealkylation sites (tertiary alicyclic amines) is 1. The van der Waals surface area contributed by atoms with E-state index in [9.17, 15) is 19.2 Å². The molecule has 1 atom stereocenters. The maximum Gasteiger partial charge on any atom is 0.262 e. The number of carbonyl (C=O) groups excluding carboxylic acids is 4. The highest BCUT2D eigenvalue weighted by Gasteiger charge is 2.44. The van der Waals surface area contributed by atoms with Gasteiger partial charge in [-0.05, 0) is 81.4 Å². The monoisotopic (exact) mass is 424 g/mol. The molecule has 4 aliphatic rings. The number of nitrogens with one attached hydrogen (secondary N) is 2. The number of benzene rings is 1. The third-order valence-electron chi connectivity index (χ3n) is 7.15. The highest BCUT2D eigenvalue weighted by atomic mass is 16.2. The SMILES string of the molecule is O=C1CCC(N2C(=O)c3ccc(CN4CCC(CC5CNC5)CC4)cc3C2=O)C(=O)N1. The molecule has 8 heteroatoms. The predicted molar refractivity (Wildman–Crippen MR) is 112 cm³/mol. The molecule has 3 fully saturated rings. The van der Waals surface area contributed by atoms with Crippen molar-refractivity contribution in [2.24, 2.45) is 11.8 Å². The number of imide groups is 2. The van der Waals surface area contributed by atoms with Crippen LogP contribution in [0.25, 0.3) is 0 Å². The number of rotatable bonds is 5. The molecule has 3 saturated heterocycles.